The van der Waals surface area contributed by atoms with E-state index in [1.807, 2.05) is 48.5 Å². The van der Waals surface area contributed by atoms with Crippen LogP contribution in [0.1, 0.15) is 15.9 Å². The van der Waals surface area contributed by atoms with Gasteiger partial charge in [-0.1, -0.05) is 87.4 Å². The van der Waals surface area contributed by atoms with Crippen molar-refractivity contribution in [3.63, 3.8) is 0 Å². The fourth-order valence-electron chi connectivity index (χ4n) is 3.11. The van der Waals surface area contributed by atoms with Crippen LogP contribution in [0.25, 0.3) is 10.6 Å². The van der Waals surface area contributed by atoms with Gasteiger partial charge in [0.05, 0.1) is 0 Å². The fraction of sp³-hybridized carbons (Fsp3) is 0.0833. The summed E-state index contributed by atoms with van der Waals surface area (Å²) in [7, 11) is 0. The standard InChI is InChI=1S/C24H18BrClN4O2S/c25-18-8-4-7-17(14-18)21(31)27-20(13-15-5-2-1-3-6-15)22(32)28-24-30-29-23(33-24)16-9-11-19(26)12-10-16/h1-12,14,20H,13H2,(H,27,31)(H,28,30,32)/t20-/m1/s1. The molecule has 0 fully saturated rings. The van der Waals surface area contributed by atoms with Crippen molar-refractivity contribution >= 4 is 55.8 Å². The predicted molar refractivity (Wildman–Crippen MR) is 135 cm³/mol. The minimum Gasteiger partial charge on any atom is -0.340 e. The molecule has 2 amide bonds. The molecule has 0 aliphatic rings. The van der Waals surface area contributed by atoms with E-state index in [4.69, 9.17) is 11.6 Å². The number of rotatable bonds is 7. The molecule has 0 saturated carbocycles. The summed E-state index contributed by atoms with van der Waals surface area (Å²) in [5, 5.41) is 15.5. The summed E-state index contributed by atoms with van der Waals surface area (Å²) in [6.07, 6.45) is 0.329. The fourth-order valence-corrected chi connectivity index (χ4v) is 4.38. The molecule has 1 heterocycles. The van der Waals surface area contributed by atoms with Crippen LogP contribution >= 0.6 is 38.9 Å². The van der Waals surface area contributed by atoms with Crippen LogP contribution in [0.4, 0.5) is 5.13 Å². The molecule has 0 aliphatic carbocycles. The number of halogens is 2. The van der Waals surface area contributed by atoms with Crippen LogP contribution in [0.15, 0.2) is 83.3 Å². The van der Waals surface area contributed by atoms with Gasteiger partial charge in [-0.15, -0.1) is 10.2 Å². The zero-order chi connectivity index (χ0) is 23.2. The van der Waals surface area contributed by atoms with E-state index in [0.29, 0.717) is 27.1 Å². The second-order valence-corrected chi connectivity index (χ2v) is 9.46. The van der Waals surface area contributed by atoms with Gasteiger partial charge in [0.15, 0.2) is 0 Å². The van der Waals surface area contributed by atoms with Crippen molar-refractivity contribution in [2.75, 3.05) is 5.32 Å². The monoisotopic (exact) mass is 540 g/mol. The van der Waals surface area contributed by atoms with E-state index in [9.17, 15) is 9.59 Å². The largest absolute Gasteiger partial charge is 0.340 e. The van der Waals surface area contributed by atoms with Gasteiger partial charge < -0.3 is 5.32 Å². The first-order valence-electron chi connectivity index (χ1n) is 9.98. The Morgan fingerprint density at radius 2 is 1.73 bits per heavy atom. The first-order valence-corrected chi connectivity index (χ1v) is 12.0. The molecule has 166 valence electrons. The Bertz CT molecular complexity index is 1260. The number of hydrogen-bond donors (Lipinski definition) is 2. The number of hydrogen-bond acceptors (Lipinski definition) is 5. The minimum absolute atomic E-state index is 0.329. The number of anilines is 1. The van der Waals surface area contributed by atoms with E-state index in [-0.39, 0.29) is 11.8 Å². The Balaban J connectivity index is 1.51. The summed E-state index contributed by atoms with van der Waals surface area (Å²) >= 11 is 10.6. The molecular formula is C24H18BrClN4O2S. The smallest absolute Gasteiger partial charge is 0.251 e. The van der Waals surface area contributed by atoms with Gasteiger partial charge in [-0.25, -0.2) is 0 Å². The average molecular weight is 542 g/mol. The van der Waals surface area contributed by atoms with E-state index in [2.05, 4.69) is 36.8 Å². The topological polar surface area (TPSA) is 84.0 Å². The van der Waals surface area contributed by atoms with Crippen LogP contribution in [-0.4, -0.2) is 28.1 Å². The minimum atomic E-state index is -0.804. The summed E-state index contributed by atoms with van der Waals surface area (Å²) in [4.78, 5) is 26.0. The van der Waals surface area contributed by atoms with Gasteiger partial charge in [0.1, 0.15) is 11.0 Å². The van der Waals surface area contributed by atoms with Gasteiger partial charge in [-0.3, -0.25) is 14.9 Å². The second kappa shape index (κ2) is 10.7. The quantitative estimate of drug-likeness (QED) is 0.319. The van der Waals surface area contributed by atoms with Crippen molar-refractivity contribution in [2.24, 2.45) is 0 Å². The third-order valence-corrected chi connectivity index (χ3v) is 6.37. The first-order chi connectivity index (χ1) is 16.0. The summed E-state index contributed by atoms with van der Waals surface area (Å²) in [6, 6.07) is 22.9. The van der Waals surface area contributed by atoms with Crippen molar-refractivity contribution in [3.8, 4) is 10.6 Å². The number of aromatic nitrogens is 2. The molecule has 4 aromatic rings. The molecule has 0 spiro atoms. The molecular weight excluding hydrogens is 524 g/mol. The lowest BCUT2D eigenvalue weighted by Gasteiger charge is -2.18. The van der Waals surface area contributed by atoms with Gasteiger partial charge in [0, 0.05) is 27.0 Å². The summed E-state index contributed by atoms with van der Waals surface area (Å²) in [5.74, 6) is -0.715. The lowest BCUT2D eigenvalue weighted by Crippen LogP contribution is -2.45. The van der Waals surface area contributed by atoms with Crippen LogP contribution in [0.2, 0.25) is 5.02 Å². The number of carbonyl (C=O) groups is 2. The first kappa shape index (κ1) is 23.1. The molecule has 2 N–H and O–H groups in total. The maximum Gasteiger partial charge on any atom is 0.251 e. The molecule has 1 atom stereocenters. The molecule has 1 aromatic heterocycles. The Labute approximate surface area is 208 Å². The van der Waals surface area contributed by atoms with Gasteiger partial charge >= 0.3 is 0 Å². The molecule has 4 rings (SSSR count). The molecule has 6 nitrogen and oxygen atoms in total. The lowest BCUT2D eigenvalue weighted by molar-refractivity contribution is -0.118. The van der Waals surface area contributed by atoms with Gasteiger partial charge in [-0.05, 0) is 35.9 Å². The highest BCUT2D eigenvalue weighted by atomic mass is 79.9. The van der Waals surface area contributed by atoms with Crippen molar-refractivity contribution < 1.29 is 9.59 Å². The maximum atomic E-state index is 13.1. The van der Waals surface area contributed by atoms with Crippen molar-refractivity contribution in [1.82, 2.24) is 15.5 Å². The Morgan fingerprint density at radius 1 is 0.970 bits per heavy atom. The molecule has 3 aromatic carbocycles. The van der Waals surface area contributed by atoms with Crippen LogP contribution in [0, 0.1) is 0 Å². The second-order valence-electron chi connectivity index (χ2n) is 7.13. The summed E-state index contributed by atoms with van der Waals surface area (Å²) in [5.41, 5.74) is 2.23. The van der Waals surface area contributed by atoms with E-state index in [1.54, 1.807) is 30.3 Å². The van der Waals surface area contributed by atoms with Crippen LogP contribution in [0.5, 0.6) is 0 Å². The highest BCUT2D eigenvalue weighted by Crippen LogP contribution is 2.27. The van der Waals surface area contributed by atoms with E-state index < -0.39 is 6.04 Å². The molecule has 0 radical (unpaired) electrons. The Hall–Kier alpha value is -3.07. The molecule has 0 bridgehead atoms. The number of carbonyl (C=O) groups excluding carboxylic acids is 2. The van der Waals surface area contributed by atoms with E-state index in [1.165, 1.54) is 11.3 Å². The highest BCUT2D eigenvalue weighted by Gasteiger charge is 2.23. The zero-order valence-electron chi connectivity index (χ0n) is 17.2. The van der Waals surface area contributed by atoms with E-state index >= 15 is 0 Å². The molecule has 0 aliphatic heterocycles. The van der Waals surface area contributed by atoms with E-state index in [0.717, 1.165) is 15.6 Å². The van der Waals surface area contributed by atoms with Crippen molar-refractivity contribution in [1.29, 1.82) is 0 Å². The van der Waals surface area contributed by atoms with Gasteiger partial charge in [0.2, 0.25) is 11.0 Å². The predicted octanol–water partition coefficient (Wildman–Crippen LogP) is 5.60. The highest BCUT2D eigenvalue weighted by molar-refractivity contribution is 9.10. The lowest BCUT2D eigenvalue weighted by atomic mass is 10.0. The maximum absolute atomic E-state index is 13.1. The van der Waals surface area contributed by atoms with Crippen molar-refractivity contribution in [3.05, 3.63) is 99.5 Å². The third kappa shape index (κ3) is 6.25. The summed E-state index contributed by atoms with van der Waals surface area (Å²) in [6.45, 7) is 0. The molecule has 0 saturated heterocycles. The van der Waals surface area contributed by atoms with Crippen LogP contribution in [0.3, 0.4) is 0 Å². The van der Waals surface area contributed by atoms with Gasteiger partial charge in [0.25, 0.3) is 5.91 Å². The van der Waals surface area contributed by atoms with Crippen molar-refractivity contribution in [2.45, 2.75) is 12.5 Å². The average Bonchev–Trinajstić information content (AvgIpc) is 3.28. The molecule has 0 unspecified atom stereocenters. The van der Waals surface area contributed by atoms with Gasteiger partial charge in [-0.2, -0.15) is 0 Å². The number of nitrogens with one attached hydrogen (secondary N) is 2. The van der Waals surface area contributed by atoms with Crippen LogP contribution < -0.4 is 10.6 Å². The number of benzene rings is 3. The number of amides is 2. The SMILES string of the molecule is O=C(N[C@H](Cc1ccccc1)C(=O)Nc1nnc(-c2ccc(Cl)cc2)s1)c1cccc(Br)c1. The molecule has 9 heteroatoms. The molecule has 33 heavy (non-hydrogen) atoms. The number of nitrogens with zero attached hydrogens (tertiary/aromatic N) is 2. The summed E-state index contributed by atoms with van der Waals surface area (Å²) < 4.78 is 0.780. The zero-order valence-corrected chi connectivity index (χ0v) is 20.3. The Kier molecular flexibility index (Phi) is 7.49. The third-order valence-electron chi connectivity index (χ3n) is 4.74. The normalized spacial score (nSPS) is 11.6. The Morgan fingerprint density at radius 3 is 2.45 bits per heavy atom. The van der Waals surface area contributed by atoms with Crippen LogP contribution in [-0.2, 0) is 11.2 Å².